The Morgan fingerprint density at radius 1 is 1.04 bits per heavy atom. The Balaban J connectivity index is 1.44. The topological polar surface area (TPSA) is 15.7 Å². The van der Waals surface area contributed by atoms with Crippen LogP contribution in [0.5, 0.6) is 5.75 Å². The van der Waals surface area contributed by atoms with E-state index < -0.39 is 0 Å². The Kier molecular flexibility index (Phi) is 6.42. The number of nitrogens with zero attached hydrogens (tertiary/aromatic N) is 2. The molecular weight excluding hydrogens is 296 g/mol. The molecule has 1 heterocycles. The Morgan fingerprint density at radius 3 is 2.46 bits per heavy atom. The number of rotatable bonds is 6. The van der Waals surface area contributed by atoms with Crippen molar-refractivity contribution in [1.82, 2.24) is 4.90 Å². The molecule has 2 fully saturated rings. The van der Waals surface area contributed by atoms with E-state index in [1.807, 2.05) is 6.07 Å². The van der Waals surface area contributed by atoms with E-state index in [2.05, 4.69) is 34.9 Å². The Morgan fingerprint density at radius 2 is 1.75 bits per heavy atom. The van der Waals surface area contributed by atoms with Crippen LogP contribution in [0.25, 0.3) is 0 Å². The molecule has 3 rings (SSSR count). The van der Waals surface area contributed by atoms with Crippen molar-refractivity contribution in [2.45, 2.75) is 45.4 Å². The van der Waals surface area contributed by atoms with Gasteiger partial charge in [-0.15, -0.1) is 0 Å². The second-order valence-electron chi connectivity index (χ2n) is 7.80. The molecule has 3 nitrogen and oxygen atoms in total. The van der Waals surface area contributed by atoms with Gasteiger partial charge in [0, 0.05) is 32.7 Å². The molecule has 1 saturated carbocycles. The largest absolute Gasteiger partial charge is 0.495 e. The number of methoxy groups -OCH3 is 1. The van der Waals surface area contributed by atoms with Crippen LogP contribution in [-0.2, 0) is 0 Å². The van der Waals surface area contributed by atoms with Gasteiger partial charge in [0.2, 0.25) is 0 Å². The Labute approximate surface area is 148 Å². The summed E-state index contributed by atoms with van der Waals surface area (Å²) in [5.74, 6) is 2.84. The van der Waals surface area contributed by atoms with Crippen molar-refractivity contribution in [3.63, 3.8) is 0 Å². The van der Waals surface area contributed by atoms with Gasteiger partial charge in [-0.25, -0.2) is 0 Å². The molecule has 0 bridgehead atoms. The highest BCUT2D eigenvalue weighted by Gasteiger charge is 2.22. The van der Waals surface area contributed by atoms with Gasteiger partial charge in [-0.2, -0.15) is 0 Å². The third kappa shape index (κ3) is 4.66. The van der Waals surface area contributed by atoms with Crippen molar-refractivity contribution < 1.29 is 4.74 Å². The van der Waals surface area contributed by atoms with Crippen molar-refractivity contribution in [2.75, 3.05) is 44.7 Å². The average molecular weight is 331 g/mol. The lowest BCUT2D eigenvalue weighted by molar-refractivity contribution is 0.197. The van der Waals surface area contributed by atoms with Gasteiger partial charge >= 0.3 is 0 Å². The molecule has 24 heavy (non-hydrogen) atoms. The summed E-state index contributed by atoms with van der Waals surface area (Å²) >= 11 is 0. The van der Waals surface area contributed by atoms with Crippen molar-refractivity contribution in [2.24, 2.45) is 11.8 Å². The van der Waals surface area contributed by atoms with Gasteiger partial charge in [0.15, 0.2) is 0 Å². The first-order chi connectivity index (χ1) is 11.8. The van der Waals surface area contributed by atoms with E-state index in [-0.39, 0.29) is 0 Å². The van der Waals surface area contributed by atoms with E-state index in [1.165, 1.54) is 63.8 Å². The fraction of sp³-hybridized carbons (Fsp3) is 0.714. The van der Waals surface area contributed by atoms with Gasteiger partial charge in [0.1, 0.15) is 5.75 Å². The zero-order valence-corrected chi connectivity index (χ0v) is 15.5. The lowest BCUT2D eigenvalue weighted by Crippen LogP contribution is -2.47. The maximum absolute atomic E-state index is 5.52. The van der Waals surface area contributed by atoms with Crippen molar-refractivity contribution >= 4 is 5.69 Å². The highest BCUT2D eigenvalue weighted by molar-refractivity contribution is 5.58. The van der Waals surface area contributed by atoms with E-state index in [1.54, 1.807) is 7.11 Å². The highest BCUT2D eigenvalue weighted by atomic mass is 16.5. The van der Waals surface area contributed by atoms with E-state index >= 15 is 0 Å². The van der Waals surface area contributed by atoms with Gasteiger partial charge in [-0.1, -0.05) is 51.2 Å². The van der Waals surface area contributed by atoms with Crippen LogP contribution >= 0.6 is 0 Å². The second-order valence-corrected chi connectivity index (χ2v) is 7.80. The fourth-order valence-electron chi connectivity index (χ4n) is 4.57. The molecule has 0 amide bonds. The highest BCUT2D eigenvalue weighted by Crippen LogP contribution is 2.30. The number of anilines is 1. The molecule has 1 saturated heterocycles. The van der Waals surface area contributed by atoms with Gasteiger partial charge in [0.05, 0.1) is 12.8 Å². The summed E-state index contributed by atoms with van der Waals surface area (Å²) < 4.78 is 5.52. The van der Waals surface area contributed by atoms with Crippen LogP contribution in [0.1, 0.15) is 45.4 Å². The van der Waals surface area contributed by atoms with Crippen molar-refractivity contribution in [3.8, 4) is 5.75 Å². The summed E-state index contributed by atoms with van der Waals surface area (Å²) in [6.07, 6.45) is 8.80. The minimum absolute atomic E-state index is 0.839. The van der Waals surface area contributed by atoms with Crippen LogP contribution in [-0.4, -0.2) is 44.7 Å². The van der Waals surface area contributed by atoms with Gasteiger partial charge in [-0.3, -0.25) is 4.90 Å². The molecule has 1 aliphatic heterocycles. The van der Waals surface area contributed by atoms with Crippen molar-refractivity contribution in [3.05, 3.63) is 24.3 Å². The number of hydrogen-bond donors (Lipinski definition) is 0. The van der Waals surface area contributed by atoms with Crippen LogP contribution in [0.4, 0.5) is 5.69 Å². The molecule has 0 aromatic heterocycles. The van der Waals surface area contributed by atoms with E-state index in [0.717, 1.165) is 30.7 Å². The summed E-state index contributed by atoms with van der Waals surface area (Å²) in [6.45, 7) is 8.30. The standard InChI is InChI=1S/C21H34N2O/c1-18(16-19-8-4-3-5-9-19)17-22-12-14-23(15-13-22)20-10-6-7-11-21(20)24-2/h6-7,10-11,18-19H,3-5,8-9,12-17H2,1-2H3. The third-order valence-electron chi connectivity index (χ3n) is 5.83. The minimum atomic E-state index is 0.839. The van der Waals surface area contributed by atoms with Gasteiger partial charge in [-0.05, 0) is 30.4 Å². The lowest BCUT2D eigenvalue weighted by atomic mass is 9.83. The molecule has 3 heteroatoms. The monoisotopic (exact) mass is 330 g/mol. The third-order valence-corrected chi connectivity index (χ3v) is 5.83. The summed E-state index contributed by atoms with van der Waals surface area (Å²) in [5, 5.41) is 0. The summed E-state index contributed by atoms with van der Waals surface area (Å²) in [7, 11) is 1.77. The van der Waals surface area contributed by atoms with E-state index in [0.29, 0.717) is 0 Å². The molecular formula is C21H34N2O. The first kappa shape index (κ1) is 17.6. The number of para-hydroxylation sites is 2. The van der Waals surface area contributed by atoms with Crippen LogP contribution in [0.15, 0.2) is 24.3 Å². The zero-order valence-electron chi connectivity index (χ0n) is 15.5. The van der Waals surface area contributed by atoms with E-state index in [9.17, 15) is 0 Å². The molecule has 1 atom stereocenters. The maximum atomic E-state index is 5.52. The molecule has 0 N–H and O–H groups in total. The van der Waals surface area contributed by atoms with Crippen LogP contribution in [0.2, 0.25) is 0 Å². The fourth-order valence-corrected chi connectivity index (χ4v) is 4.57. The number of ether oxygens (including phenoxy) is 1. The van der Waals surface area contributed by atoms with E-state index in [4.69, 9.17) is 4.74 Å². The molecule has 0 radical (unpaired) electrons. The van der Waals surface area contributed by atoms with Crippen LogP contribution < -0.4 is 9.64 Å². The normalized spacial score (nSPS) is 21.7. The maximum Gasteiger partial charge on any atom is 0.142 e. The number of hydrogen-bond acceptors (Lipinski definition) is 3. The average Bonchev–Trinajstić information content (AvgIpc) is 2.63. The Hall–Kier alpha value is -1.22. The zero-order chi connectivity index (χ0) is 16.8. The first-order valence-electron chi connectivity index (χ1n) is 9.86. The van der Waals surface area contributed by atoms with Gasteiger partial charge in [0.25, 0.3) is 0 Å². The van der Waals surface area contributed by atoms with Gasteiger partial charge < -0.3 is 9.64 Å². The Bertz CT molecular complexity index is 490. The molecule has 134 valence electrons. The quantitative estimate of drug-likeness (QED) is 0.768. The minimum Gasteiger partial charge on any atom is -0.495 e. The van der Waals surface area contributed by atoms with Crippen LogP contribution in [0.3, 0.4) is 0 Å². The van der Waals surface area contributed by atoms with Crippen molar-refractivity contribution in [1.29, 1.82) is 0 Å². The summed E-state index contributed by atoms with van der Waals surface area (Å²) in [4.78, 5) is 5.14. The van der Waals surface area contributed by atoms with Crippen LogP contribution in [0, 0.1) is 11.8 Å². The number of benzene rings is 1. The molecule has 1 aromatic carbocycles. The second kappa shape index (κ2) is 8.75. The summed E-state index contributed by atoms with van der Waals surface area (Å²) in [6, 6.07) is 8.40. The molecule has 0 spiro atoms. The predicted molar refractivity (Wildman–Crippen MR) is 102 cm³/mol. The molecule has 1 aliphatic carbocycles. The SMILES string of the molecule is COc1ccccc1N1CCN(CC(C)CC2CCCCC2)CC1. The smallest absolute Gasteiger partial charge is 0.142 e. The summed E-state index contributed by atoms with van der Waals surface area (Å²) in [5.41, 5.74) is 1.25. The molecule has 1 aromatic rings. The lowest BCUT2D eigenvalue weighted by Gasteiger charge is -2.38. The molecule has 2 aliphatic rings. The first-order valence-corrected chi connectivity index (χ1v) is 9.86. The predicted octanol–water partition coefficient (Wildman–Crippen LogP) is 4.42. The number of piperazine rings is 1. The molecule has 1 unspecified atom stereocenters.